The first-order valence-corrected chi connectivity index (χ1v) is 6.81. The Labute approximate surface area is 112 Å². The lowest BCUT2D eigenvalue weighted by atomic mass is 9.79. The van der Waals surface area contributed by atoms with Crippen LogP contribution in [0.2, 0.25) is 0 Å². The highest BCUT2D eigenvalue weighted by molar-refractivity contribution is 6.05. The van der Waals surface area contributed by atoms with Gasteiger partial charge in [-0.25, -0.2) is 0 Å². The van der Waals surface area contributed by atoms with Crippen molar-refractivity contribution in [1.29, 1.82) is 0 Å². The Bertz CT molecular complexity index is 500. The molecule has 100 valence electrons. The Morgan fingerprint density at radius 2 is 1.74 bits per heavy atom. The molecule has 0 aromatic heterocycles. The Morgan fingerprint density at radius 1 is 1.05 bits per heavy atom. The van der Waals surface area contributed by atoms with Crippen molar-refractivity contribution in [2.45, 2.75) is 31.8 Å². The number of carbonyl (C=O) groups excluding carboxylic acids is 2. The number of carbonyl (C=O) groups is 2. The van der Waals surface area contributed by atoms with Crippen LogP contribution in [0.3, 0.4) is 0 Å². The highest BCUT2D eigenvalue weighted by Crippen LogP contribution is 2.38. The fraction of sp³-hybridized carbons (Fsp3) is 0.467. The summed E-state index contributed by atoms with van der Waals surface area (Å²) in [5.41, 5.74) is 6.91. The number of benzene rings is 1. The zero-order valence-electron chi connectivity index (χ0n) is 10.8. The molecule has 4 nitrogen and oxygen atoms in total. The summed E-state index contributed by atoms with van der Waals surface area (Å²) in [6.45, 7) is 0.390. The Hall–Kier alpha value is -1.68. The van der Waals surface area contributed by atoms with E-state index < -0.39 is 0 Å². The van der Waals surface area contributed by atoms with Crippen molar-refractivity contribution in [3.63, 3.8) is 0 Å². The van der Waals surface area contributed by atoms with E-state index in [1.165, 1.54) is 4.90 Å². The first kappa shape index (κ1) is 12.4. The fourth-order valence-corrected chi connectivity index (χ4v) is 3.20. The van der Waals surface area contributed by atoms with Crippen molar-refractivity contribution >= 4 is 11.8 Å². The summed E-state index contributed by atoms with van der Waals surface area (Å²) >= 11 is 0. The van der Waals surface area contributed by atoms with Crippen molar-refractivity contribution in [2.24, 2.45) is 17.6 Å². The number of likely N-dealkylation sites (tertiary alicyclic amines) is 1. The number of hydrogen-bond donors (Lipinski definition) is 1. The molecule has 2 N–H and O–H groups in total. The Morgan fingerprint density at radius 3 is 2.47 bits per heavy atom. The van der Waals surface area contributed by atoms with E-state index in [1.54, 1.807) is 0 Å². The van der Waals surface area contributed by atoms with Gasteiger partial charge in [-0.2, -0.15) is 0 Å². The smallest absolute Gasteiger partial charge is 0.233 e. The highest BCUT2D eigenvalue weighted by Gasteiger charge is 2.49. The van der Waals surface area contributed by atoms with E-state index in [4.69, 9.17) is 5.73 Å². The molecular formula is C15H18N2O2. The average Bonchev–Trinajstić information content (AvgIpc) is 2.65. The van der Waals surface area contributed by atoms with Gasteiger partial charge in [-0.3, -0.25) is 14.5 Å². The summed E-state index contributed by atoms with van der Waals surface area (Å²) in [5, 5.41) is 0. The van der Waals surface area contributed by atoms with E-state index in [2.05, 4.69) is 0 Å². The van der Waals surface area contributed by atoms with Crippen molar-refractivity contribution in [3.05, 3.63) is 35.9 Å². The molecule has 1 saturated heterocycles. The van der Waals surface area contributed by atoms with Crippen LogP contribution in [0, 0.1) is 11.8 Å². The fourth-order valence-electron chi connectivity index (χ4n) is 3.20. The lowest BCUT2D eigenvalue weighted by Gasteiger charge is -2.25. The van der Waals surface area contributed by atoms with Gasteiger partial charge in [0.05, 0.1) is 18.4 Å². The van der Waals surface area contributed by atoms with Gasteiger partial charge in [-0.1, -0.05) is 30.3 Å². The molecular weight excluding hydrogens is 240 g/mol. The maximum absolute atomic E-state index is 12.3. The molecule has 1 heterocycles. The van der Waals surface area contributed by atoms with E-state index in [0.29, 0.717) is 13.0 Å². The Balaban J connectivity index is 1.80. The van der Waals surface area contributed by atoms with Gasteiger partial charge in [0.1, 0.15) is 0 Å². The van der Waals surface area contributed by atoms with Gasteiger partial charge in [0.2, 0.25) is 11.8 Å². The SMILES string of the molecule is N[C@H]1CC[C@H]2C(=O)N(Cc3ccccc3)C(=O)[C@H]2C1. The van der Waals surface area contributed by atoms with Crippen LogP contribution in [0.25, 0.3) is 0 Å². The average molecular weight is 258 g/mol. The first-order chi connectivity index (χ1) is 9.16. The van der Waals surface area contributed by atoms with Gasteiger partial charge >= 0.3 is 0 Å². The monoisotopic (exact) mass is 258 g/mol. The molecule has 1 aromatic rings. The van der Waals surface area contributed by atoms with Crippen LogP contribution in [0.15, 0.2) is 30.3 Å². The molecule has 2 aliphatic rings. The Kier molecular flexibility index (Phi) is 3.11. The lowest BCUT2D eigenvalue weighted by molar-refractivity contribution is -0.140. The quantitative estimate of drug-likeness (QED) is 0.813. The minimum atomic E-state index is -0.181. The highest BCUT2D eigenvalue weighted by atomic mass is 16.2. The molecule has 4 heteroatoms. The van der Waals surface area contributed by atoms with Crippen molar-refractivity contribution < 1.29 is 9.59 Å². The summed E-state index contributed by atoms with van der Waals surface area (Å²) in [5.74, 6) is -0.351. The number of nitrogens with zero attached hydrogens (tertiary/aromatic N) is 1. The molecule has 0 spiro atoms. The number of nitrogens with two attached hydrogens (primary N) is 1. The second-order valence-corrected chi connectivity index (χ2v) is 5.53. The first-order valence-electron chi connectivity index (χ1n) is 6.81. The van der Waals surface area contributed by atoms with Gasteiger partial charge in [0.25, 0.3) is 0 Å². The van der Waals surface area contributed by atoms with Gasteiger partial charge < -0.3 is 5.73 Å². The number of hydrogen-bond acceptors (Lipinski definition) is 3. The van der Waals surface area contributed by atoms with Crippen molar-refractivity contribution in [2.75, 3.05) is 0 Å². The predicted molar refractivity (Wildman–Crippen MR) is 70.8 cm³/mol. The van der Waals surface area contributed by atoms with Crippen LogP contribution in [-0.4, -0.2) is 22.8 Å². The standard InChI is InChI=1S/C15H18N2O2/c16-11-6-7-12-13(8-11)15(19)17(14(12)18)9-10-4-2-1-3-5-10/h1-5,11-13H,6-9,16H2/t11-,12+,13-/m0/s1. The minimum absolute atomic E-state index is 0.00856. The van der Waals surface area contributed by atoms with E-state index in [-0.39, 0.29) is 29.7 Å². The maximum Gasteiger partial charge on any atom is 0.233 e. The number of amides is 2. The third-order valence-corrected chi connectivity index (χ3v) is 4.24. The normalized spacial score (nSPS) is 30.6. The van der Waals surface area contributed by atoms with Crippen molar-refractivity contribution in [3.8, 4) is 0 Å². The molecule has 3 atom stereocenters. The van der Waals surface area contributed by atoms with Crippen LogP contribution in [0.5, 0.6) is 0 Å². The minimum Gasteiger partial charge on any atom is -0.328 e. The molecule has 2 amide bonds. The summed E-state index contributed by atoms with van der Waals surface area (Å²) in [6.07, 6.45) is 2.25. The summed E-state index contributed by atoms with van der Waals surface area (Å²) in [4.78, 5) is 26.1. The zero-order valence-corrected chi connectivity index (χ0v) is 10.8. The van der Waals surface area contributed by atoms with Crippen LogP contribution in [0.1, 0.15) is 24.8 Å². The van der Waals surface area contributed by atoms with Crippen LogP contribution < -0.4 is 5.73 Å². The number of fused-ring (bicyclic) bond motifs is 1. The number of imide groups is 1. The lowest BCUT2D eigenvalue weighted by Crippen LogP contribution is -2.34. The third-order valence-electron chi connectivity index (χ3n) is 4.24. The molecule has 2 fully saturated rings. The predicted octanol–water partition coefficient (Wildman–Crippen LogP) is 1.30. The second kappa shape index (κ2) is 4.78. The van der Waals surface area contributed by atoms with Crippen molar-refractivity contribution in [1.82, 2.24) is 4.90 Å². The largest absolute Gasteiger partial charge is 0.328 e. The molecule has 1 aliphatic heterocycles. The topological polar surface area (TPSA) is 63.4 Å². The van der Waals surface area contributed by atoms with Crippen LogP contribution >= 0.6 is 0 Å². The molecule has 0 radical (unpaired) electrons. The summed E-state index contributed by atoms with van der Waals surface area (Å²) in [7, 11) is 0. The molecule has 1 saturated carbocycles. The van der Waals surface area contributed by atoms with Gasteiger partial charge in [-0.05, 0) is 24.8 Å². The third kappa shape index (κ3) is 2.16. The van der Waals surface area contributed by atoms with E-state index >= 15 is 0 Å². The summed E-state index contributed by atoms with van der Waals surface area (Å²) in [6, 6.07) is 9.71. The zero-order chi connectivity index (χ0) is 13.4. The van der Waals surface area contributed by atoms with E-state index in [1.807, 2.05) is 30.3 Å². The number of rotatable bonds is 2. The summed E-state index contributed by atoms with van der Waals surface area (Å²) < 4.78 is 0. The van der Waals surface area contributed by atoms with Crippen LogP contribution in [0.4, 0.5) is 0 Å². The van der Waals surface area contributed by atoms with Gasteiger partial charge in [0, 0.05) is 6.04 Å². The van der Waals surface area contributed by atoms with Crippen LogP contribution in [-0.2, 0) is 16.1 Å². The molecule has 0 bridgehead atoms. The second-order valence-electron chi connectivity index (χ2n) is 5.53. The van der Waals surface area contributed by atoms with E-state index in [9.17, 15) is 9.59 Å². The molecule has 3 rings (SSSR count). The molecule has 19 heavy (non-hydrogen) atoms. The van der Waals surface area contributed by atoms with Gasteiger partial charge in [-0.15, -0.1) is 0 Å². The molecule has 1 aliphatic carbocycles. The molecule has 1 aromatic carbocycles. The molecule has 0 unspecified atom stereocenters. The van der Waals surface area contributed by atoms with E-state index in [0.717, 1.165) is 18.4 Å². The maximum atomic E-state index is 12.3. The van der Waals surface area contributed by atoms with Gasteiger partial charge in [0.15, 0.2) is 0 Å².